The number of halogens is 2. The molecule has 0 fully saturated rings. The van der Waals surface area contributed by atoms with Gasteiger partial charge in [-0.2, -0.15) is 19.0 Å². The number of ether oxygens (including phenoxy) is 2. The van der Waals surface area contributed by atoms with E-state index in [1.165, 1.54) is 17.9 Å². The highest BCUT2D eigenvalue weighted by molar-refractivity contribution is 6.02. The van der Waals surface area contributed by atoms with E-state index in [0.717, 1.165) is 11.6 Å². The van der Waals surface area contributed by atoms with Gasteiger partial charge in [-0.3, -0.25) is 9.36 Å². The zero-order chi connectivity index (χ0) is 23.2. The van der Waals surface area contributed by atoms with E-state index in [0.29, 0.717) is 22.2 Å². The Balaban J connectivity index is 1.95. The van der Waals surface area contributed by atoms with Gasteiger partial charge in [0.15, 0.2) is 0 Å². The van der Waals surface area contributed by atoms with Gasteiger partial charge in [-0.15, -0.1) is 0 Å². The number of benzene rings is 2. The number of carboxylic acids is 1. The Morgan fingerprint density at radius 3 is 2.41 bits per heavy atom. The third-order valence-corrected chi connectivity index (χ3v) is 4.94. The molecule has 2 aromatic carbocycles. The Hall–Kier alpha value is -4.15. The predicted molar refractivity (Wildman–Crippen MR) is 110 cm³/mol. The van der Waals surface area contributed by atoms with Crippen LogP contribution >= 0.6 is 0 Å². The van der Waals surface area contributed by atoms with E-state index in [-0.39, 0.29) is 17.1 Å². The van der Waals surface area contributed by atoms with Crippen LogP contribution in [0.1, 0.15) is 10.4 Å². The molecular formula is C21H18F2N4O5. The van der Waals surface area contributed by atoms with Crippen LogP contribution in [0.5, 0.6) is 17.2 Å². The summed E-state index contributed by atoms with van der Waals surface area (Å²) in [5.74, 6) is -2.32. The molecule has 0 aliphatic carbocycles. The van der Waals surface area contributed by atoms with E-state index < -0.39 is 23.9 Å². The molecule has 0 spiro atoms. The van der Waals surface area contributed by atoms with Crippen LogP contribution in [-0.2, 0) is 14.1 Å². The van der Waals surface area contributed by atoms with Gasteiger partial charge in [-0.05, 0) is 29.8 Å². The third-order valence-electron chi connectivity index (χ3n) is 4.94. The van der Waals surface area contributed by atoms with Gasteiger partial charge in [-0.25, -0.2) is 4.79 Å². The molecule has 0 bridgehead atoms. The summed E-state index contributed by atoms with van der Waals surface area (Å²) in [4.78, 5) is 11.6. The molecule has 11 heteroatoms. The number of nitrogens with zero attached hydrogens (tertiary/aromatic N) is 4. The van der Waals surface area contributed by atoms with Crippen LogP contribution in [0.2, 0.25) is 0 Å². The Labute approximate surface area is 180 Å². The minimum Gasteiger partial charge on any atom is -0.507 e. The van der Waals surface area contributed by atoms with Gasteiger partial charge in [0.05, 0.1) is 29.9 Å². The van der Waals surface area contributed by atoms with E-state index in [9.17, 15) is 23.8 Å². The molecule has 2 N–H and O–H groups in total. The number of phenolic OH excluding ortho intramolecular Hbond substituents is 1. The minimum absolute atomic E-state index is 0.0953. The molecule has 4 aromatic rings. The number of alkyl halides is 2. The fourth-order valence-corrected chi connectivity index (χ4v) is 3.66. The van der Waals surface area contributed by atoms with Crippen molar-refractivity contribution in [3.63, 3.8) is 0 Å². The highest BCUT2D eigenvalue weighted by Crippen LogP contribution is 2.42. The minimum atomic E-state index is -3.24. The van der Waals surface area contributed by atoms with Gasteiger partial charge in [-0.1, -0.05) is 0 Å². The summed E-state index contributed by atoms with van der Waals surface area (Å²) < 4.78 is 38.6. The summed E-state index contributed by atoms with van der Waals surface area (Å²) in [7, 11) is 4.61. The second-order valence-corrected chi connectivity index (χ2v) is 7.00. The van der Waals surface area contributed by atoms with Crippen molar-refractivity contribution >= 4 is 16.9 Å². The topological polar surface area (TPSA) is 112 Å². The van der Waals surface area contributed by atoms with E-state index in [2.05, 4.69) is 14.9 Å². The number of aromatic hydroxyl groups is 1. The number of aromatic carboxylic acids is 1. The molecule has 32 heavy (non-hydrogen) atoms. The van der Waals surface area contributed by atoms with E-state index in [4.69, 9.17) is 4.74 Å². The van der Waals surface area contributed by atoms with Gasteiger partial charge in [0, 0.05) is 31.4 Å². The van der Waals surface area contributed by atoms with Crippen molar-refractivity contribution in [3.8, 4) is 39.6 Å². The molecule has 0 aliphatic heterocycles. The maximum atomic E-state index is 13.0. The zero-order valence-corrected chi connectivity index (χ0v) is 17.2. The summed E-state index contributed by atoms with van der Waals surface area (Å²) in [5.41, 5.74) is 2.01. The molecule has 0 saturated carbocycles. The first kappa shape index (κ1) is 21.1. The Kier molecular flexibility index (Phi) is 5.17. The van der Waals surface area contributed by atoms with Crippen LogP contribution in [0.3, 0.4) is 0 Å². The van der Waals surface area contributed by atoms with Gasteiger partial charge < -0.3 is 19.7 Å². The number of carboxylic acid groups (broad SMARTS) is 1. The second-order valence-electron chi connectivity index (χ2n) is 7.00. The van der Waals surface area contributed by atoms with Crippen molar-refractivity contribution in [2.45, 2.75) is 6.61 Å². The van der Waals surface area contributed by atoms with Crippen molar-refractivity contribution in [3.05, 3.63) is 42.2 Å². The molecule has 0 amide bonds. The van der Waals surface area contributed by atoms with Gasteiger partial charge in [0.1, 0.15) is 22.8 Å². The van der Waals surface area contributed by atoms with E-state index in [1.807, 2.05) is 0 Å². The average Bonchev–Trinajstić information content (AvgIpc) is 3.29. The fourth-order valence-electron chi connectivity index (χ4n) is 3.66. The highest BCUT2D eigenvalue weighted by Gasteiger charge is 2.25. The summed E-state index contributed by atoms with van der Waals surface area (Å²) in [6, 6.07) is 5.83. The summed E-state index contributed by atoms with van der Waals surface area (Å²) in [5, 5.41) is 29.2. The molecule has 0 unspecified atom stereocenters. The number of aromatic nitrogens is 4. The van der Waals surface area contributed by atoms with Crippen molar-refractivity contribution in [1.29, 1.82) is 0 Å². The van der Waals surface area contributed by atoms with Crippen LogP contribution in [-0.4, -0.2) is 49.5 Å². The smallest absolute Gasteiger partial charge is 0.387 e. The van der Waals surface area contributed by atoms with Crippen LogP contribution in [0.4, 0.5) is 8.78 Å². The van der Waals surface area contributed by atoms with E-state index in [1.54, 1.807) is 43.3 Å². The number of hydrogen-bond acceptors (Lipinski definition) is 6. The Morgan fingerprint density at radius 1 is 1.09 bits per heavy atom. The number of fused-ring (bicyclic) bond motifs is 1. The lowest BCUT2D eigenvalue weighted by Gasteiger charge is -2.14. The maximum absolute atomic E-state index is 13.0. The molecule has 0 saturated heterocycles. The first-order valence-corrected chi connectivity index (χ1v) is 9.28. The molecule has 0 radical (unpaired) electrons. The monoisotopic (exact) mass is 444 g/mol. The van der Waals surface area contributed by atoms with Crippen LogP contribution < -0.4 is 9.47 Å². The molecule has 0 aliphatic rings. The van der Waals surface area contributed by atoms with Gasteiger partial charge in [0.2, 0.25) is 0 Å². The molecule has 4 rings (SSSR count). The van der Waals surface area contributed by atoms with E-state index >= 15 is 0 Å². The summed E-state index contributed by atoms with van der Waals surface area (Å²) in [6.45, 7) is -3.24. The van der Waals surface area contributed by atoms with Crippen molar-refractivity contribution < 1.29 is 33.3 Å². The second kappa shape index (κ2) is 7.84. The quantitative estimate of drug-likeness (QED) is 0.467. The number of hydrogen-bond donors (Lipinski definition) is 2. The van der Waals surface area contributed by atoms with Crippen molar-refractivity contribution in [1.82, 2.24) is 19.6 Å². The maximum Gasteiger partial charge on any atom is 0.387 e. The van der Waals surface area contributed by atoms with Crippen LogP contribution in [0.15, 0.2) is 36.7 Å². The lowest BCUT2D eigenvalue weighted by Crippen LogP contribution is -2.10. The molecular weight excluding hydrogens is 426 g/mol. The average molecular weight is 444 g/mol. The summed E-state index contributed by atoms with van der Waals surface area (Å²) >= 11 is 0. The Bertz CT molecular complexity index is 1350. The standard InChI is InChI=1S/C21H18F2N4O5/c1-26-9-12(8-24-26)10-4-13-17(14(28)5-10)19(27(2)25-13)11-6-15(31-3)18(20(29)30)16(7-11)32-21(22)23/h4-9,21,28H,1-3H3,(H,29,30). The lowest BCUT2D eigenvalue weighted by atomic mass is 10.0. The predicted octanol–water partition coefficient (Wildman–Crippen LogP) is 3.65. The largest absolute Gasteiger partial charge is 0.507 e. The van der Waals surface area contributed by atoms with Gasteiger partial charge in [0.25, 0.3) is 0 Å². The molecule has 2 aromatic heterocycles. The molecule has 9 nitrogen and oxygen atoms in total. The molecule has 2 heterocycles. The molecule has 166 valence electrons. The number of rotatable bonds is 6. The SMILES string of the molecule is COc1cc(-c2c3c(O)cc(-c4cnn(C)c4)cc3nn2C)cc(OC(F)F)c1C(=O)O. The molecule has 0 atom stereocenters. The fraction of sp³-hybridized carbons (Fsp3) is 0.190. The first-order valence-electron chi connectivity index (χ1n) is 9.28. The first-order chi connectivity index (χ1) is 15.2. The van der Waals surface area contributed by atoms with Crippen LogP contribution in [0, 0.1) is 0 Å². The highest BCUT2D eigenvalue weighted by atomic mass is 19.3. The zero-order valence-electron chi connectivity index (χ0n) is 17.2. The van der Waals surface area contributed by atoms with Crippen LogP contribution in [0.25, 0.3) is 33.3 Å². The number of methoxy groups -OCH3 is 1. The van der Waals surface area contributed by atoms with Gasteiger partial charge >= 0.3 is 12.6 Å². The van der Waals surface area contributed by atoms with Crippen molar-refractivity contribution in [2.24, 2.45) is 14.1 Å². The third kappa shape index (κ3) is 3.57. The normalized spacial score (nSPS) is 11.3. The Morgan fingerprint density at radius 2 is 1.81 bits per heavy atom. The number of phenols is 1. The number of carbonyl (C=O) groups is 1. The summed E-state index contributed by atoms with van der Waals surface area (Å²) in [6.07, 6.45) is 3.43. The lowest BCUT2D eigenvalue weighted by molar-refractivity contribution is -0.0504. The number of aryl methyl sites for hydroxylation is 2. The van der Waals surface area contributed by atoms with Crippen molar-refractivity contribution in [2.75, 3.05) is 7.11 Å².